The van der Waals surface area contributed by atoms with Crippen LogP contribution in [0.5, 0.6) is 0 Å². The van der Waals surface area contributed by atoms with E-state index in [1.54, 1.807) is 12.1 Å². The highest BCUT2D eigenvalue weighted by Gasteiger charge is 2.25. The highest BCUT2D eigenvalue weighted by atomic mass is 19.2. The number of imidazole rings is 2. The van der Waals surface area contributed by atoms with Crippen molar-refractivity contribution >= 4 is 98.0 Å². The van der Waals surface area contributed by atoms with E-state index in [1.165, 1.54) is 12.1 Å². The fraction of sp³-hybridized carbons (Fsp3) is 0. The van der Waals surface area contributed by atoms with Crippen LogP contribution in [0.1, 0.15) is 0 Å². The Bertz CT molecular complexity index is 3110. The summed E-state index contributed by atoms with van der Waals surface area (Å²) in [7, 11) is 0. The fourth-order valence-corrected chi connectivity index (χ4v) is 7.82. The summed E-state index contributed by atoms with van der Waals surface area (Å²) in [5.74, 6) is -4.41. The summed E-state index contributed by atoms with van der Waals surface area (Å²) in [6.07, 6.45) is 0. The Kier molecular flexibility index (Phi) is 3.97. The van der Waals surface area contributed by atoms with E-state index in [2.05, 4.69) is 9.97 Å². The molecule has 0 aliphatic heterocycles. The number of nitrogens with zero attached hydrogens (tertiary/aromatic N) is 4. The molecule has 11 aromatic rings. The van der Waals surface area contributed by atoms with Crippen LogP contribution in [0.3, 0.4) is 0 Å². The van der Waals surface area contributed by atoms with E-state index in [0.717, 1.165) is 53.3 Å². The van der Waals surface area contributed by atoms with Crippen LogP contribution in [0.25, 0.3) is 98.0 Å². The number of hydrogen-bond acceptors (Lipinski definition) is 4. The van der Waals surface area contributed by atoms with Crippen molar-refractivity contribution in [3.8, 4) is 0 Å². The fourth-order valence-electron chi connectivity index (χ4n) is 7.82. The van der Waals surface area contributed by atoms with Crippen LogP contribution in [-0.4, -0.2) is 18.8 Å². The van der Waals surface area contributed by atoms with Gasteiger partial charge in [-0.3, -0.25) is 18.4 Å². The highest BCUT2D eigenvalue weighted by molar-refractivity contribution is 6.40. The Hall–Kier alpha value is -6.16. The quantitative estimate of drug-likeness (QED) is 0.100. The molecule has 0 unspecified atom stereocenters. The summed E-state index contributed by atoms with van der Waals surface area (Å²) in [5, 5.41) is 8.07. The molecule has 0 amide bonds. The van der Waals surface area contributed by atoms with Crippen molar-refractivity contribution in [2.45, 2.75) is 0 Å². The number of fused-ring (bicyclic) bond motifs is 10. The molecule has 0 spiro atoms. The second kappa shape index (κ2) is 7.55. The van der Waals surface area contributed by atoms with Crippen LogP contribution in [0.2, 0.25) is 0 Å². The minimum Gasteiger partial charge on any atom is -0.268 e. The predicted molar refractivity (Wildman–Crippen MR) is 170 cm³/mol. The molecule has 4 aromatic heterocycles. The van der Waals surface area contributed by atoms with Crippen molar-refractivity contribution in [3.05, 3.63) is 117 Å². The smallest absolute Gasteiger partial charge is 0.264 e. The molecule has 7 aromatic carbocycles. The molecule has 10 heteroatoms. The van der Waals surface area contributed by atoms with Crippen molar-refractivity contribution in [3.63, 3.8) is 0 Å². The largest absolute Gasteiger partial charge is 0.268 e. The van der Waals surface area contributed by atoms with Gasteiger partial charge in [0, 0.05) is 32.3 Å². The maximum absolute atomic E-state index is 15.0. The molecule has 0 saturated carbocycles. The topological polar surface area (TPSA) is 68.7 Å². The van der Waals surface area contributed by atoms with Gasteiger partial charge in [0.1, 0.15) is 22.3 Å². The van der Waals surface area contributed by atoms with Gasteiger partial charge < -0.3 is 0 Å². The number of aromatic nitrogens is 4. The average Bonchev–Trinajstić information content (AvgIpc) is 3.66. The van der Waals surface area contributed by atoms with Gasteiger partial charge in [0.15, 0.2) is 23.3 Å². The Morgan fingerprint density at radius 1 is 0.413 bits per heavy atom. The van der Waals surface area contributed by atoms with Crippen LogP contribution >= 0.6 is 0 Å². The van der Waals surface area contributed by atoms with E-state index < -0.39 is 34.4 Å². The van der Waals surface area contributed by atoms with Crippen LogP contribution in [-0.2, 0) is 0 Å². The number of benzene rings is 7. The summed E-state index contributed by atoms with van der Waals surface area (Å²) >= 11 is 0. The number of halogens is 4. The Balaban J connectivity index is 1.37. The van der Waals surface area contributed by atoms with Crippen LogP contribution in [0.15, 0.2) is 82.4 Å². The molecule has 0 N–H and O–H groups in total. The van der Waals surface area contributed by atoms with Gasteiger partial charge >= 0.3 is 0 Å². The van der Waals surface area contributed by atoms with E-state index in [4.69, 9.17) is 0 Å². The Morgan fingerprint density at radius 2 is 0.739 bits per heavy atom. The van der Waals surface area contributed by atoms with E-state index in [1.807, 2.05) is 36.4 Å². The Labute approximate surface area is 251 Å². The van der Waals surface area contributed by atoms with Gasteiger partial charge in [0.05, 0.1) is 11.0 Å². The third-order valence-corrected chi connectivity index (χ3v) is 9.67. The van der Waals surface area contributed by atoms with Crippen molar-refractivity contribution in [1.82, 2.24) is 18.8 Å². The van der Waals surface area contributed by atoms with Crippen molar-refractivity contribution in [2.24, 2.45) is 0 Å². The van der Waals surface area contributed by atoms with Gasteiger partial charge in [0.2, 0.25) is 0 Å². The van der Waals surface area contributed by atoms with Gasteiger partial charge in [-0.2, -0.15) is 0 Å². The molecule has 46 heavy (non-hydrogen) atoms. The molecule has 0 radical (unpaired) electrons. The Morgan fingerprint density at radius 3 is 1.13 bits per heavy atom. The third-order valence-electron chi connectivity index (χ3n) is 9.67. The summed E-state index contributed by atoms with van der Waals surface area (Å²) in [5.41, 5.74) is -0.645. The normalized spacial score (nSPS) is 13.0. The molecule has 11 rings (SSSR count). The van der Waals surface area contributed by atoms with Gasteiger partial charge in [-0.05, 0) is 80.8 Å². The molecule has 0 bridgehead atoms. The first-order chi connectivity index (χ1) is 22.3. The van der Waals surface area contributed by atoms with Gasteiger partial charge in [-0.15, -0.1) is 0 Å². The molecule has 4 heterocycles. The van der Waals surface area contributed by atoms with E-state index in [9.17, 15) is 18.4 Å². The number of rotatable bonds is 0. The monoisotopic (exact) mass is 608 g/mol. The zero-order valence-corrected chi connectivity index (χ0v) is 23.0. The second-order valence-corrected chi connectivity index (χ2v) is 11.8. The standard InChI is InChI=1S/C36H12F4N4O2/c37-21-9-11-23-31(29(21)39)43-33(41-23)17-5-1-13-15-3-7-20-28-18(34-42-24-12-10-22(38)30(40)32(24)44(34)36(20)46)6-2-14(26(15)28)16-4-8-19(35(43)45)27(17)25(13)16/h1-12H. The SMILES string of the molecule is O=c1c2ccc3c4ccc5c6c(ccc(c7ccc(c2c37)c2nc3ccc(F)c(F)c3n12)c46)c(=O)n1c5nc2ccc(F)c(F)c21. The minimum absolute atomic E-state index is 0.169. The summed E-state index contributed by atoms with van der Waals surface area (Å²) < 4.78 is 60.8. The van der Waals surface area contributed by atoms with E-state index in [0.29, 0.717) is 32.3 Å². The van der Waals surface area contributed by atoms with Crippen LogP contribution in [0.4, 0.5) is 17.6 Å². The van der Waals surface area contributed by atoms with Crippen molar-refractivity contribution in [1.29, 1.82) is 0 Å². The highest BCUT2D eigenvalue weighted by Crippen LogP contribution is 2.46. The lowest BCUT2D eigenvalue weighted by atomic mass is 9.86. The first-order valence-electron chi connectivity index (χ1n) is 14.4. The molecule has 0 atom stereocenters. The van der Waals surface area contributed by atoms with Crippen LogP contribution < -0.4 is 11.1 Å². The zero-order chi connectivity index (χ0) is 30.9. The molecule has 216 valence electrons. The lowest BCUT2D eigenvalue weighted by Crippen LogP contribution is -2.14. The second-order valence-electron chi connectivity index (χ2n) is 11.8. The van der Waals surface area contributed by atoms with Crippen molar-refractivity contribution < 1.29 is 17.6 Å². The summed E-state index contributed by atoms with van der Waals surface area (Å²) in [4.78, 5) is 37.0. The molecule has 6 nitrogen and oxygen atoms in total. The molecule has 0 aliphatic carbocycles. The maximum Gasteiger partial charge on any atom is 0.264 e. The van der Waals surface area contributed by atoms with Crippen LogP contribution in [0, 0.1) is 23.3 Å². The van der Waals surface area contributed by atoms with Gasteiger partial charge in [0.25, 0.3) is 11.1 Å². The van der Waals surface area contributed by atoms with Gasteiger partial charge in [-0.25, -0.2) is 27.5 Å². The number of pyridine rings is 2. The zero-order valence-electron chi connectivity index (χ0n) is 23.0. The van der Waals surface area contributed by atoms with Crippen molar-refractivity contribution in [2.75, 3.05) is 0 Å². The third kappa shape index (κ3) is 2.48. The summed E-state index contributed by atoms with van der Waals surface area (Å²) in [6, 6.07) is 19.2. The lowest BCUT2D eigenvalue weighted by Gasteiger charge is -2.18. The van der Waals surface area contributed by atoms with E-state index in [-0.39, 0.29) is 33.4 Å². The lowest BCUT2D eigenvalue weighted by molar-refractivity contribution is 0.515. The maximum atomic E-state index is 15.0. The first-order valence-corrected chi connectivity index (χ1v) is 14.4. The molecular weight excluding hydrogens is 596 g/mol. The molecule has 0 saturated heterocycles. The number of hydrogen-bond donors (Lipinski definition) is 0. The molecule has 0 aliphatic rings. The molecular formula is C36H12F4N4O2. The molecule has 0 fully saturated rings. The summed E-state index contributed by atoms with van der Waals surface area (Å²) in [6.45, 7) is 0. The predicted octanol–water partition coefficient (Wildman–Crippen LogP) is 7.80. The van der Waals surface area contributed by atoms with Gasteiger partial charge in [-0.1, -0.05) is 24.3 Å². The van der Waals surface area contributed by atoms with E-state index >= 15 is 8.78 Å². The average molecular weight is 609 g/mol. The minimum atomic E-state index is -1.14. The first kappa shape index (κ1) is 24.2.